The topological polar surface area (TPSA) is 110 Å². The highest BCUT2D eigenvalue weighted by Gasteiger charge is 2.55. The summed E-state index contributed by atoms with van der Waals surface area (Å²) in [5, 5.41) is 42.3. The molecule has 2 unspecified atom stereocenters. The largest absolute Gasteiger partial charge is 0.632 e. The highest BCUT2D eigenvalue weighted by Crippen LogP contribution is 2.41. The lowest BCUT2D eigenvalue weighted by Gasteiger charge is -2.41. The first kappa shape index (κ1) is 17.6. The molecule has 2 rings (SSSR count). The zero-order valence-corrected chi connectivity index (χ0v) is 13.4. The molecule has 2 fully saturated rings. The molecule has 0 aromatic carbocycles. The van der Waals surface area contributed by atoms with Gasteiger partial charge in [-0.05, 0) is 12.8 Å². The fourth-order valence-electron chi connectivity index (χ4n) is 3.92. The van der Waals surface area contributed by atoms with Gasteiger partial charge in [-0.15, -0.1) is 0 Å². The summed E-state index contributed by atoms with van der Waals surface area (Å²) in [7, 11) is 0. The monoisotopic (exact) mass is 317 g/mol. The maximum Gasteiger partial charge on any atom is 0.341 e. The minimum atomic E-state index is -1.99. The molecule has 0 aromatic rings. The summed E-state index contributed by atoms with van der Waals surface area (Å²) in [4.78, 5) is 12.4. The van der Waals surface area contributed by atoms with Crippen LogP contribution in [0.5, 0.6) is 0 Å². The summed E-state index contributed by atoms with van der Waals surface area (Å²) in [5.41, 5.74) is -1.99. The Balaban J connectivity index is 2.15. The normalized spacial score (nSPS) is 38.6. The highest BCUT2D eigenvalue weighted by atomic mass is 16.6. The third-order valence-corrected chi connectivity index (χ3v) is 5.41. The van der Waals surface area contributed by atoms with E-state index in [4.69, 9.17) is 4.74 Å². The molecule has 0 amide bonds. The molecular formula is C15H27NO6. The Morgan fingerprint density at radius 3 is 2.45 bits per heavy atom. The van der Waals surface area contributed by atoms with E-state index in [2.05, 4.69) is 0 Å². The van der Waals surface area contributed by atoms with Gasteiger partial charge in [-0.3, -0.25) is 0 Å². The van der Waals surface area contributed by atoms with E-state index in [1.807, 2.05) is 0 Å². The molecule has 2 saturated heterocycles. The molecule has 0 saturated carbocycles. The number of carbonyl (C=O) groups is 1. The smallest absolute Gasteiger partial charge is 0.341 e. The molecule has 2 heterocycles. The number of rotatable bonds is 5. The van der Waals surface area contributed by atoms with Crippen LogP contribution in [0.15, 0.2) is 0 Å². The van der Waals surface area contributed by atoms with E-state index < -0.39 is 40.4 Å². The van der Waals surface area contributed by atoms with Crippen LogP contribution in [0, 0.1) is 17.0 Å². The predicted molar refractivity (Wildman–Crippen MR) is 78.3 cm³/mol. The zero-order chi connectivity index (χ0) is 16.7. The Morgan fingerprint density at radius 2 is 1.95 bits per heavy atom. The number of aliphatic hydroxyl groups excluding tert-OH is 2. The molecule has 7 heteroatoms. The van der Waals surface area contributed by atoms with Gasteiger partial charge in [-0.25, -0.2) is 4.79 Å². The van der Waals surface area contributed by atoms with Gasteiger partial charge in [0.15, 0.2) is 11.7 Å². The maximum absolute atomic E-state index is 12.7. The van der Waals surface area contributed by atoms with Gasteiger partial charge in [0, 0.05) is 18.8 Å². The van der Waals surface area contributed by atoms with Crippen LogP contribution >= 0.6 is 0 Å². The molecule has 0 bridgehead atoms. The van der Waals surface area contributed by atoms with Crippen LogP contribution in [-0.2, 0) is 9.53 Å². The van der Waals surface area contributed by atoms with Crippen molar-refractivity contribution in [3.63, 3.8) is 0 Å². The van der Waals surface area contributed by atoms with Crippen molar-refractivity contribution < 1.29 is 29.5 Å². The lowest BCUT2D eigenvalue weighted by atomic mass is 9.85. The third-order valence-electron chi connectivity index (χ3n) is 5.41. The van der Waals surface area contributed by atoms with Crippen molar-refractivity contribution in [2.24, 2.45) is 11.8 Å². The van der Waals surface area contributed by atoms with Crippen LogP contribution < -0.4 is 0 Å². The van der Waals surface area contributed by atoms with Gasteiger partial charge in [-0.1, -0.05) is 13.8 Å². The van der Waals surface area contributed by atoms with Crippen LogP contribution in [-0.4, -0.2) is 69.5 Å². The molecule has 0 spiro atoms. The van der Waals surface area contributed by atoms with E-state index in [9.17, 15) is 25.3 Å². The SMILES string of the molecule is CC(C)[C@@](O)(C(=O)O[C@@H]1CC[N+]2([O-])CCC(CO)[C@H]12)[C@H](C)O. The molecule has 2 aliphatic rings. The van der Waals surface area contributed by atoms with Gasteiger partial charge in [0.2, 0.25) is 0 Å². The number of quaternary nitrogens is 1. The maximum atomic E-state index is 12.7. The van der Waals surface area contributed by atoms with Crippen molar-refractivity contribution >= 4 is 5.97 Å². The molecule has 0 aliphatic carbocycles. The molecule has 7 nitrogen and oxygen atoms in total. The van der Waals surface area contributed by atoms with Gasteiger partial charge in [0.25, 0.3) is 0 Å². The minimum absolute atomic E-state index is 0.105. The first-order valence-electron chi connectivity index (χ1n) is 7.97. The number of ether oxygens (including phenoxy) is 1. The average Bonchev–Trinajstić information content (AvgIpc) is 2.93. The van der Waals surface area contributed by atoms with E-state index in [0.717, 1.165) is 0 Å². The number of hydroxylamine groups is 3. The third kappa shape index (κ3) is 2.65. The summed E-state index contributed by atoms with van der Waals surface area (Å²) in [6.07, 6.45) is -0.854. The zero-order valence-electron chi connectivity index (χ0n) is 13.4. The van der Waals surface area contributed by atoms with Crippen LogP contribution in [0.4, 0.5) is 0 Å². The van der Waals surface area contributed by atoms with Gasteiger partial charge in [0.1, 0.15) is 6.04 Å². The standard InChI is InChI=1S/C15H27NO6/c1-9(2)15(20,10(3)18)14(19)22-12-5-7-16(21)6-4-11(8-17)13(12)16/h9-13,17-18,20H,4-8H2,1-3H3/t10-,11?,12+,13+,15-,16?/m0/s1. The quantitative estimate of drug-likeness (QED) is 0.367. The van der Waals surface area contributed by atoms with Gasteiger partial charge >= 0.3 is 5.97 Å². The fraction of sp³-hybridized carbons (Fsp3) is 0.933. The number of aliphatic hydroxyl groups is 3. The van der Waals surface area contributed by atoms with E-state index in [1.54, 1.807) is 13.8 Å². The van der Waals surface area contributed by atoms with Crippen LogP contribution in [0.2, 0.25) is 0 Å². The molecule has 0 aromatic heterocycles. The van der Waals surface area contributed by atoms with Crippen molar-refractivity contribution in [3.8, 4) is 0 Å². The Morgan fingerprint density at radius 1 is 1.36 bits per heavy atom. The second-order valence-corrected chi connectivity index (χ2v) is 7.01. The highest BCUT2D eigenvalue weighted by molar-refractivity contribution is 5.80. The Hall–Kier alpha value is -0.730. The fourth-order valence-corrected chi connectivity index (χ4v) is 3.92. The molecule has 128 valence electrons. The van der Waals surface area contributed by atoms with E-state index in [0.29, 0.717) is 25.9 Å². The summed E-state index contributed by atoms with van der Waals surface area (Å²) < 4.78 is 5.00. The summed E-state index contributed by atoms with van der Waals surface area (Å²) >= 11 is 0. The summed E-state index contributed by atoms with van der Waals surface area (Å²) in [5.74, 6) is -1.60. The van der Waals surface area contributed by atoms with Gasteiger partial charge in [-0.2, -0.15) is 0 Å². The molecule has 0 radical (unpaired) electrons. The second-order valence-electron chi connectivity index (χ2n) is 7.01. The molecular weight excluding hydrogens is 290 g/mol. The van der Waals surface area contributed by atoms with E-state index in [-0.39, 0.29) is 12.5 Å². The summed E-state index contributed by atoms with van der Waals surface area (Å²) in [6, 6.07) is -0.473. The van der Waals surface area contributed by atoms with Crippen molar-refractivity contribution in [2.75, 3.05) is 19.7 Å². The van der Waals surface area contributed by atoms with Crippen molar-refractivity contribution in [1.29, 1.82) is 0 Å². The minimum Gasteiger partial charge on any atom is -0.632 e. The van der Waals surface area contributed by atoms with Crippen molar-refractivity contribution in [3.05, 3.63) is 5.21 Å². The Labute approximate surface area is 130 Å². The van der Waals surface area contributed by atoms with E-state index in [1.165, 1.54) is 6.92 Å². The number of fused-ring (bicyclic) bond motifs is 1. The Bertz CT molecular complexity index is 418. The first-order valence-corrected chi connectivity index (χ1v) is 7.97. The number of nitrogens with zero attached hydrogens (tertiary/aromatic N) is 1. The average molecular weight is 317 g/mol. The number of carbonyl (C=O) groups excluding carboxylic acids is 1. The lowest BCUT2D eigenvalue weighted by Crippen LogP contribution is -2.55. The van der Waals surface area contributed by atoms with Crippen LogP contribution in [0.1, 0.15) is 33.6 Å². The number of esters is 1. The van der Waals surface area contributed by atoms with Gasteiger partial charge < -0.3 is 29.9 Å². The lowest BCUT2D eigenvalue weighted by molar-refractivity contribution is -0.882. The van der Waals surface area contributed by atoms with Crippen LogP contribution in [0.3, 0.4) is 0 Å². The van der Waals surface area contributed by atoms with Crippen molar-refractivity contribution in [1.82, 2.24) is 0 Å². The molecule has 2 aliphatic heterocycles. The van der Waals surface area contributed by atoms with Gasteiger partial charge in [0.05, 0.1) is 25.8 Å². The summed E-state index contributed by atoms with van der Waals surface area (Å²) in [6.45, 7) is 5.27. The van der Waals surface area contributed by atoms with E-state index >= 15 is 0 Å². The predicted octanol–water partition coefficient (Wildman–Crippen LogP) is -0.235. The molecule has 3 N–H and O–H groups in total. The first-order chi connectivity index (χ1) is 10.2. The number of hydrogen-bond acceptors (Lipinski definition) is 6. The number of hydrogen-bond donors (Lipinski definition) is 3. The second kappa shape index (κ2) is 6.05. The van der Waals surface area contributed by atoms with Crippen molar-refractivity contribution in [2.45, 2.75) is 57.5 Å². The van der Waals surface area contributed by atoms with Crippen LogP contribution in [0.25, 0.3) is 0 Å². The molecule has 6 atom stereocenters. The Kier molecular flexibility index (Phi) is 4.85. The molecule has 22 heavy (non-hydrogen) atoms.